The standard InChI is InChI=1S/C10H13ClN2O4S/c1-2-4-7(10(14)15)13-18(16,17)8-5-3-6-12-9(8)11/h3,5-7,13H,2,4H2,1H3,(H,14,15). The summed E-state index contributed by atoms with van der Waals surface area (Å²) in [5, 5.41) is 8.72. The average Bonchev–Trinajstić information content (AvgIpc) is 2.28. The number of aliphatic carboxylic acids is 1. The van der Waals surface area contributed by atoms with Crippen molar-refractivity contribution in [3.05, 3.63) is 23.5 Å². The van der Waals surface area contributed by atoms with Crippen LogP contribution in [-0.4, -0.2) is 30.5 Å². The fourth-order valence-corrected chi connectivity index (χ4v) is 3.02. The fourth-order valence-electron chi connectivity index (χ4n) is 1.34. The predicted octanol–water partition coefficient (Wildman–Crippen LogP) is 1.27. The molecule has 1 unspecified atom stereocenters. The number of halogens is 1. The van der Waals surface area contributed by atoms with Crippen molar-refractivity contribution in [1.29, 1.82) is 0 Å². The Kier molecular flexibility index (Phi) is 5.06. The number of carbonyl (C=O) groups is 1. The molecular weight excluding hydrogens is 280 g/mol. The van der Waals surface area contributed by atoms with Gasteiger partial charge in [0.2, 0.25) is 10.0 Å². The van der Waals surface area contributed by atoms with Gasteiger partial charge in [-0.05, 0) is 18.6 Å². The van der Waals surface area contributed by atoms with E-state index in [4.69, 9.17) is 16.7 Å². The second-order valence-electron chi connectivity index (χ2n) is 3.59. The maximum atomic E-state index is 11.9. The summed E-state index contributed by atoms with van der Waals surface area (Å²) in [7, 11) is -3.98. The number of rotatable bonds is 6. The minimum absolute atomic E-state index is 0.189. The highest BCUT2D eigenvalue weighted by Crippen LogP contribution is 2.18. The maximum Gasteiger partial charge on any atom is 0.321 e. The van der Waals surface area contributed by atoms with Gasteiger partial charge in [0, 0.05) is 6.20 Å². The van der Waals surface area contributed by atoms with Crippen LogP contribution >= 0.6 is 11.6 Å². The lowest BCUT2D eigenvalue weighted by atomic mass is 10.2. The summed E-state index contributed by atoms with van der Waals surface area (Å²) in [5.74, 6) is -1.22. The van der Waals surface area contributed by atoms with E-state index in [1.54, 1.807) is 6.92 Å². The molecule has 0 fully saturated rings. The van der Waals surface area contributed by atoms with E-state index < -0.39 is 22.0 Å². The third kappa shape index (κ3) is 3.66. The monoisotopic (exact) mass is 292 g/mol. The molecule has 0 aliphatic heterocycles. The lowest BCUT2D eigenvalue weighted by molar-refractivity contribution is -0.139. The smallest absolute Gasteiger partial charge is 0.321 e. The van der Waals surface area contributed by atoms with E-state index in [1.807, 2.05) is 0 Å². The van der Waals surface area contributed by atoms with Crippen LogP contribution in [-0.2, 0) is 14.8 Å². The van der Waals surface area contributed by atoms with Crippen LogP contribution in [0.2, 0.25) is 5.15 Å². The molecule has 0 saturated carbocycles. The Balaban J connectivity index is 3.01. The minimum Gasteiger partial charge on any atom is -0.480 e. The van der Waals surface area contributed by atoms with E-state index in [2.05, 4.69) is 9.71 Å². The predicted molar refractivity (Wildman–Crippen MR) is 65.9 cm³/mol. The van der Waals surface area contributed by atoms with E-state index in [-0.39, 0.29) is 16.5 Å². The first-order chi connectivity index (χ1) is 8.38. The first-order valence-electron chi connectivity index (χ1n) is 5.24. The van der Waals surface area contributed by atoms with Crippen LogP contribution in [0.5, 0.6) is 0 Å². The lowest BCUT2D eigenvalue weighted by Gasteiger charge is -2.14. The Morgan fingerprint density at radius 2 is 2.28 bits per heavy atom. The zero-order chi connectivity index (χ0) is 13.8. The van der Waals surface area contributed by atoms with Crippen LogP contribution < -0.4 is 4.72 Å². The molecule has 0 amide bonds. The van der Waals surface area contributed by atoms with E-state index in [1.165, 1.54) is 18.3 Å². The first-order valence-corrected chi connectivity index (χ1v) is 7.10. The second kappa shape index (κ2) is 6.12. The van der Waals surface area contributed by atoms with Gasteiger partial charge >= 0.3 is 5.97 Å². The summed E-state index contributed by atoms with van der Waals surface area (Å²) < 4.78 is 26.0. The van der Waals surface area contributed by atoms with Crippen molar-refractivity contribution >= 4 is 27.6 Å². The van der Waals surface area contributed by atoms with Crippen molar-refractivity contribution in [2.75, 3.05) is 0 Å². The van der Waals surface area contributed by atoms with E-state index in [9.17, 15) is 13.2 Å². The Morgan fingerprint density at radius 1 is 1.61 bits per heavy atom. The molecule has 1 aromatic heterocycles. The molecule has 1 aromatic rings. The molecule has 0 aliphatic rings. The second-order valence-corrected chi connectivity index (χ2v) is 5.63. The fraction of sp³-hybridized carbons (Fsp3) is 0.400. The van der Waals surface area contributed by atoms with Gasteiger partial charge in [0.25, 0.3) is 0 Å². The number of hydrogen-bond acceptors (Lipinski definition) is 4. The van der Waals surface area contributed by atoms with Gasteiger partial charge in [-0.3, -0.25) is 4.79 Å². The van der Waals surface area contributed by atoms with Gasteiger partial charge in [-0.25, -0.2) is 13.4 Å². The van der Waals surface area contributed by atoms with Crippen LogP contribution in [0.1, 0.15) is 19.8 Å². The van der Waals surface area contributed by atoms with Crippen LogP contribution in [0, 0.1) is 0 Å². The summed E-state index contributed by atoms with van der Waals surface area (Å²) in [6.07, 6.45) is 2.09. The average molecular weight is 293 g/mol. The van der Waals surface area contributed by atoms with Gasteiger partial charge in [0.05, 0.1) is 0 Å². The number of pyridine rings is 1. The molecule has 6 nitrogen and oxygen atoms in total. The van der Waals surface area contributed by atoms with Gasteiger partial charge in [-0.2, -0.15) is 4.72 Å². The topological polar surface area (TPSA) is 96.4 Å². The maximum absolute atomic E-state index is 11.9. The molecule has 0 bridgehead atoms. The molecule has 0 radical (unpaired) electrons. The quantitative estimate of drug-likeness (QED) is 0.770. The Hall–Kier alpha value is -1.18. The number of carboxylic acids is 1. The van der Waals surface area contributed by atoms with Gasteiger partial charge in [-0.15, -0.1) is 0 Å². The third-order valence-corrected chi connectivity index (χ3v) is 4.10. The van der Waals surface area contributed by atoms with Crippen molar-refractivity contribution in [3.63, 3.8) is 0 Å². The van der Waals surface area contributed by atoms with Crippen LogP contribution in [0.3, 0.4) is 0 Å². The molecule has 18 heavy (non-hydrogen) atoms. The minimum atomic E-state index is -3.98. The molecule has 0 spiro atoms. The number of hydrogen-bond donors (Lipinski definition) is 2. The summed E-state index contributed by atoms with van der Waals surface area (Å²) in [4.78, 5) is 14.3. The largest absolute Gasteiger partial charge is 0.480 e. The molecule has 1 heterocycles. The van der Waals surface area contributed by atoms with Crippen molar-refractivity contribution in [2.45, 2.75) is 30.7 Å². The summed E-state index contributed by atoms with van der Waals surface area (Å²) >= 11 is 5.67. The third-order valence-electron chi connectivity index (χ3n) is 2.19. The molecular formula is C10H13ClN2O4S. The first kappa shape index (κ1) is 14.9. The zero-order valence-electron chi connectivity index (χ0n) is 9.63. The van der Waals surface area contributed by atoms with E-state index in [0.29, 0.717) is 6.42 Å². The van der Waals surface area contributed by atoms with Gasteiger partial charge in [-0.1, -0.05) is 24.9 Å². The van der Waals surface area contributed by atoms with Gasteiger partial charge in [0.1, 0.15) is 16.1 Å². The molecule has 8 heteroatoms. The van der Waals surface area contributed by atoms with E-state index >= 15 is 0 Å². The highest BCUT2D eigenvalue weighted by atomic mass is 35.5. The molecule has 1 rings (SSSR count). The van der Waals surface area contributed by atoms with Crippen LogP contribution in [0.25, 0.3) is 0 Å². The highest BCUT2D eigenvalue weighted by molar-refractivity contribution is 7.89. The number of sulfonamides is 1. The number of carboxylic acid groups (broad SMARTS) is 1. The van der Waals surface area contributed by atoms with Crippen molar-refractivity contribution in [1.82, 2.24) is 9.71 Å². The van der Waals surface area contributed by atoms with Crippen molar-refractivity contribution in [3.8, 4) is 0 Å². The van der Waals surface area contributed by atoms with Gasteiger partial charge < -0.3 is 5.11 Å². The van der Waals surface area contributed by atoms with Crippen LogP contribution in [0.4, 0.5) is 0 Å². The van der Waals surface area contributed by atoms with Gasteiger partial charge in [0.15, 0.2) is 0 Å². The zero-order valence-corrected chi connectivity index (χ0v) is 11.2. The van der Waals surface area contributed by atoms with Crippen molar-refractivity contribution < 1.29 is 18.3 Å². The summed E-state index contributed by atoms with van der Waals surface area (Å²) in [5.41, 5.74) is 0. The molecule has 0 saturated heterocycles. The van der Waals surface area contributed by atoms with Crippen molar-refractivity contribution in [2.24, 2.45) is 0 Å². The number of nitrogens with zero attached hydrogens (tertiary/aromatic N) is 1. The SMILES string of the molecule is CCCC(NS(=O)(=O)c1cccnc1Cl)C(=O)O. The van der Waals surface area contributed by atoms with Crippen LogP contribution in [0.15, 0.2) is 23.2 Å². The summed E-state index contributed by atoms with van der Waals surface area (Å²) in [6.45, 7) is 1.77. The number of nitrogens with one attached hydrogen (secondary N) is 1. The normalized spacial score (nSPS) is 13.2. The molecule has 100 valence electrons. The molecule has 0 aromatic carbocycles. The number of aromatic nitrogens is 1. The van der Waals surface area contributed by atoms with E-state index in [0.717, 1.165) is 0 Å². The highest BCUT2D eigenvalue weighted by Gasteiger charge is 2.26. The Bertz CT molecular complexity index is 532. The summed E-state index contributed by atoms with van der Waals surface area (Å²) in [6, 6.07) is 1.51. The molecule has 0 aliphatic carbocycles. The Morgan fingerprint density at radius 3 is 2.78 bits per heavy atom. The molecule has 2 N–H and O–H groups in total. The lowest BCUT2D eigenvalue weighted by Crippen LogP contribution is -2.40. The molecule has 1 atom stereocenters. The Labute approximate surface area is 110 Å².